The highest BCUT2D eigenvalue weighted by Gasteiger charge is 2.82. The maximum atomic E-state index is 14.4. The number of halogens is 12. The molecule has 0 aromatic rings. The maximum Gasteiger partial charge on any atom is 0.449 e. The third kappa shape index (κ3) is 7.52. The van der Waals surface area contributed by atoms with Gasteiger partial charge in [-0.05, 0) is 135 Å². The maximum absolute atomic E-state index is 14.4. The number of fused-ring (bicyclic) bond motifs is 18. The number of ether oxygens (including phenoxy) is 4. The van der Waals surface area contributed by atoms with Gasteiger partial charge in [-0.15, -0.1) is 0 Å². The lowest BCUT2D eigenvalue weighted by atomic mass is 9.67. The molecular formula is C42H56F12O9Si. The van der Waals surface area contributed by atoms with Crippen LogP contribution in [0, 0.1) is 82.9 Å². The first-order valence-electron chi connectivity index (χ1n) is 22.3. The van der Waals surface area contributed by atoms with E-state index in [2.05, 4.69) is 40.4 Å². The second kappa shape index (κ2) is 15.6. The van der Waals surface area contributed by atoms with Crippen LogP contribution >= 0.6 is 0 Å². The Labute approximate surface area is 362 Å². The van der Waals surface area contributed by atoms with E-state index in [1.165, 1.54) is 19.3 Å². The summed E-state index contributed by atoms with van der Waals surface area (Å²) in [5, 5.41) is 28.3. The third-order valence-corrected chi connectivity index (χ3v) is 16.6. The van der Waals surface area contributed by atoms with Gasteiger partial charge in [0.15, 0.2) is 6.10 Å². The molecule has 64 heavy (non-hydrogen) atoms. The lowest BCUT2D eigenvalue weighted by molar-refractivity contribution is -0.479. The zero-order valence-electron chi connectivity index (χ0n) is 35.6. The smallest absolute Gasteiger partial charge is 0.449 e. The normalized spacial score (nSPS) is 48.3. The van der Waals surface area contributed by atoms with Gasteiger partial charge < -0.3 is 34.3 Å². The molecule has 10 fully saturated rings. The van der Waals surface area contributed by atoms with Gasteiger partial charge in [0.05, 0.1) is 11.8 Å². The molecule has 9 nitrogen and oxygen atoms in total. The van der Waals surface area contributed by atoms with Gasteiger partial charge in [-0.25, -0.2) is 0 Å². The van der Waals surface area contributed by atoms with Gasteiger partial charge in [0.25, 0.3) is 0 Å². The standard InChI is InChI=1S/C19H21F7O4.C19H23F5O5.C4H12Si/c20-16(21)6-29-18(28,19(24,25)26)17(22,23)15(16)30-14(27)11-5-9-4-10(11)13-8-2-1-7(3-8)12(9)13;20-17(21)15(25)12(29-18(17,27)19(22,23)24)6-28-16(26)11-5-9-4-10(11)14-8-2-1-7(3-8)13(9)14;1-5(2,3)4/h7-13,15,28H,1-6H2;7-15,25,27H,1-6H2;1-4H3. The fraction of sp³-hybridized carbons (Fsp3) is 0.952. The van der Waals surface area contributed by atoms with Crippen molar-refractivity contribution in [2.75, 3.05) is 13.2 Å². The molecule has 2 aliphatic heterocycles. The Morgan fingerprint density at radius 1 is 0.625 bits per heavy atom. The Morgan fingerprint density at radius 2 is 1.05 bits per heavy atom. The average molecular weight is 961 g/mol. The summed E-state index contributed by atoms with van der Waals surface area (Å²) in [5.74, 6) is -23.6. The molecule has 19 unspecified atom stereocenters. The molecule has 22 heteroatoms. The van der Waals surface area contributed by atoms with Crippen LogP contribution in [0.3, 0.4) is 0 Å². The molecular weight excluding hydrogens is 905 g/mol. The highest BCUT2D eigenvalue weighted by atomic mass is 28.3. The number of esters is 2. The van der Waals surface area contributed by atoms with Gasteiger partial charge >= 0.3 is 53.6 Å². The lowest BCUT2D eigenvalue weighted by Gasteiger charge is -2.46. The molecule has 0 spiro atoms. The van der Waals surface area contributed by atoms with Crippen molar-refractivity contribution in [3.63, 3.8) is 0 Å². The Hall–Kier alpha value is -1.88. The molecule has 366 valence electrons. The van der Waals surface area contributed by atoms with E-state index in [9.17, 15) is 77.6 Å². The summed E-state index contributed by atoms with van der Waals surface area (Å²) < 4.78 is 179. The molecule has 0 radical (unpaired) electrons. The van der Waals surface area contributed by atoms with E-state index in [0.29, 0.717) is 60.7 Å². The zero-order valence-corrected chi connectivity index (χ0v) is 36.6. The lowest BCUT2D eigenvalue weighted by Crippen LogP contribution is -2.74. The SMILES string of the molecule is C[Si](C)(C)C.O=C(OC1C(F)(F)COC(O)(C(F)(F)F)C1(F)F)C1CC2CC1C1C3CCC(C3)C21.O=C(OCC1OC(O)(C(F)(F)F)C(F)(F)C1O)C1CC2CC1C1C3CCC(C3)C21. The van der Waals surface area contributed by atoms with Gasteiger partial charge in [0.2, 0.25) is 6.10 Å². The summed E-state index contributed by atoms with van der Waals surface area (Å²) in [5.41, 5.74) is 0. The number of hydrogen-bond donors (Lipinski definition) is 3. The van der Waals surface area contributed by atoms with E-state index in [-0.39, 0.29) is 29.6 Å². The molecule has 10 aliphatic rings. The van der Waals surface area contributed by atoms with Crippen LogP contribution in [0.2, 0.25) is 26.2 Å². The van der Waals surface area contributed by atoms with E-state index in [1.54, 1.807) is 0 Å². The first-order chi connectivity index (χ1) is 29.2. The van der Waals surface area contributed by atoms with Crippen molar-refractivity contribution in [2.45, 2.75) is 150 Å². The van der Waals surface area contributed by atoms with Crippen molar-refractivity contribution in [1.29, 1.82) is 0 Å². The molecule has 3 N–H and O–H groups in total. The Balaban J connectivity index is 0.000000159. The highest BCUT2D eigenvalue weighted by molar-refractivity contribution is 6.74. The molecule has 8 aliphatic carbocycles. The minimum atomic E-state index is -6.07. The average Bonchev–Trinajstić information content (AvgIpc) is 4.03. The number of aliphatic hydroxyl groups excluding tert-OH is 1. The number of aliphatic hydroxyl groups is 3. The van der Waals surface area contributed by atoms with Crippen LogP contribution in [0.5, 0.6) is 0 Å². The summed E-state index contributed by atoms with van der Waals surface area (Å²) in [4.78, 5) is 25.2. The van der Waals surface area contributed by atoms with Crippen LogP contribution in [-0.2, 0) is 28.5 Å². The Bertz CT molecular complexity index is 1810. The molecule has 0 amide bonds. The molecule has 2 heterocycles. The quantitative estimate of drug-likeness (QED) is 0.108. The van der Waals surface area contributed by atoms with Crippen molar-refractivity contribution >= 4 is 20.0 Å². The number of hydrogen-bond acceptors (Lipinski definition) is 9. The van der Waals surface area contributed by atoms with Crippen LogP contribution in [0.4, 0.5) is 52.7 Å². The summed E-state index contributed by atoms with van der Waals surface area (Å²) in [6.07, 6.45) is -11.4. The topological polar surface area (TPSA) is 132 Å². The first kappa shape index (κ1) is 48.6. The van der Waals surface area contributed by atoms with Crippen molar-refractivity contribution in [1.82, 2.24) is 0 Å². The van der Waals surface area contributed by atoms with Crippen molar-refractivity contribution in [3.05, 3.63) is 0 Å². The monoisotopic (exact) mass is 960 g/mol. The minimum absolute atomic E-state index is 0.175. The number of alkyl halides is 12. The molecule has 0 aromatic heterocycles. The number of rotatable bonds is 5. The third-order valence-electron chi connectivity index (χ3n) is 16.6. The van der Waals surface area contributed by atoms with Crippen molar-refractivity contribution in [3.8, 4) is 0 Å². The van der Waals surface area contributed by atoms with Gasteiger partial charge in [0, 0.05) is 8.07 Å². The second-order valence-corrected chi connectivity index (χ2v) is 28.1. The van der Waals surface area contributed by atoms with Crippen LogP contribution in [-0.4, -0.2) is 109 Å². The van der Waals surface area contributed by atoms with Gasteiger partial charge in [-0.2, -0.15) is 52.7 Å². The predicted molar refractivity (Wildman–Crippen MR) is 199 cm³/mol. The molecule has 10 rings (SSSR count). The van der Waals surface area contributed by atoms with E-state index in [4.69, 9.17) is 4.74 Å². The fourth-order valence-corrected chi connectivity index (χ4v) is 14.6. The van der Waals surface area contributed by atoms with E-state index >= 15 is 0 Å². The van der Waals surface area contributed by atoms with E-state index in [0.717, 1.165) is 31.6 Å². The van der Waals surface area contributed by atoms with Crippen LogP contribution in [0.1, 0.15) is 64.2 Å². The molecule has 0 aromatic carbocycles. The van der Waals surface area contributed by atoms with E-state index < -0.39 is 99.2 Å². The summed E-state index contributed by atoms with van der Waals surface area (Å²) in [7, 11) is -0.611. The molecule has 8 bridgehead atoms. The Kier molecular flexibility index (Phi) is 11.8. The van der Waals surface area contributed by atoms with Gasteiger partial charge in [0.1, 0.15) is 19.3 Å². The van der Waals surface area contributed by atoms with Gasteiger partial charge in [-0.1, -0.05) is 26.2 Å². The highest BCUT2D eigenvalue weighted by Crippen LogP contribution is 2.70. The van der Waals surface area contributed by atoms with Crippen molar-refractivity contribution < 1.29 is 96.5 Å². The zero-order chi connectivity index (χ0) is 47.3. The largest absolute Gasteiger partial charge is 0.463 e. The fourth-order valence-electron chi connectivity index (χ4n) is 14.6. The predicted octanol–water partition coefficient (Wildman–Crippen LogP) is 8.22. The molecule has 19 atom stereocenters. The van der Waals surface area contributed by atoms with Crippen LogP contribution in [0.15, 0.2) is 0 Å². The number of carbonyl (C=O) groups excluding carboxylic acids is 2. The van der Waals surface area contributed by atoms with Gasteiger partial charge in [-0.3, -0.25) is 9.59 Å². The second-order valence-electron chi connectivity index (χ2n) is 22.1. The van der Waals surface area contributed by atoms with Crippen LogP contribution < -0.4 is 0 Å². The summed E-state index contributed by atoms with van der Waals surface area (Å²) >= 11 is 0. The van der Waals surface area contributed by atoms with Crippen molar-refractivity contribution in [2.24, 2.45) is 82.9 Å². The summed E-state index contributed by atoms with van der Waals surface area (Å²) in [6.45, 7) is 6.18. The van der Waals surface area contributed by atoms with Crippen LogP contribution in [0.25, 0.3) is 0 Å². The first-order valence-corrected chi connectivity index (χ1v) is 26.3. The number of carbonyl (C=O) groups is 2. The van der Waals surface area contributed by atoms with E-state index in [1.807, 2.05) is 0 Å². The minimum Gasteiger partial charge on any atom is -0.463 e. The molecule has 2 saturated heterocycles. The molecule has 8 saturated carbocycles. The Morgan fingerprint density at radius 3 is 1.47 bits per heavy atom. The summed E-state index contributed by atoms with van der Waals surface area (Å²) in [6, 6.07) is 0.